The minimum atomic E-state index is -4.51. The SMILES string of the molecule is CC.CC(C)Nc1ncnc(N)c1C(=N)Cc1cccc(NC(=O)Nc2cccc(C(F)(F)F)c2)c1. The average Bonchev–Trinajstić information content (AvgIpc) is 2.80. The fourth-order valence-electron chi connectivity index (χ4n) is 3.20. The van der Waals surface area contributed by atoms with E-state index in [1.165, 1.54) is 18.5 Å². The first kappa shape index (κ1) is 28.1. The van der Waals surface area contributed by atoms with E-state index in [1.807, 2.05) is 27.7 Å². The molecule has 0 saturated carbocycles. The van der Waals surface area contributed by atoms with Gasteiger partial charge in [-0.2, -0.15) is 13.2 Å². The Hall–Kier alpha value is -4.15. The first-order valence-corrected chi connectivity index (χ1v) is 11.3. The number of alkyl halides is 3. The van der Waals surface area contributed by atoms with Gasteiger partial charge in [-0.15, -0.1) is 0 Å². The Bertz CT molecular complexity index is 1200. The molecular weight excluding hydrogens is 471 g/mol. The maximum absolute atomic E-state index is 12.9. The molecule has 1 heterocycles. The molecule has 0 aliphatic carbocycles. The first-order valence-electron chi connectivity index (χ1n) is 11.3. The lowest BCUT2D eigenvalue weighted by Crippen LogP contribution is -2.20. The van der Waals surface area contributed by atoms with Crippen molar-refractivity contribution in [1.82, 2.24) is 9.97 Å². The van der Waals surface area contributed by atoms with Crippen LogP contribution in [0.15, 0.2) is 54.9 Å². The number of carbonyl (C=O) groups excluding carboxylic acids is 1. The summed E-state index contributed by atoms with van der Waals surface area (Å²) in [6.07, 6.45) is -3.00. The van der Waals surface area contributed by atoms with Gasteiger partial charge in [0, 0.05) is 23.8 Å². The molecule has 0 radical (unpaired) electrons. The van der Waals surface area contributed by atoms with E-state index < -0.39 is 17.8 Å². The van der Waals surface area contributed by atoms with Crippen LogP contribution in [-0.2, 0) is 12.6 Å². The molecule has 0 unspecified atom stereocenters. The molecule has 3 aromatic rings. The highest BCUT2D eigenvalue weighted by Crippen LogP contribution is 2.30. The number of aromatic nitrogens is 2. The van der Waals surface area contributed by atoms with Gasteiger partial charge in [-0.25, -0.2) is 14.8 Å². The smallest absolute Gasteiger partial charge is 0.383 e. The van der Waals surface area contributed by atoms with E-state index >= 15 is 0 Å². The molecular formula is C25H30F3N7O. The number of halogens is 3. The van der Waals surface area contributed by atoms with E-state index in [2.05, 4.69) is 25.9 Å². The van der Waals surface area contributed by atoms with Gasteiger partial charge >= 0.3 is 12.2 Å². The van der Waals surface area contributed by atoms with E-state index in [0.717, 1.165) is 12.1 Å². The van der Waals surface area contributed by atoms with Crippen molar-refractivity contribution < 1.29 is 18.0 Å². The summed E-state index contributed by atoms with van der Waals surface area (Å²) in [6.45, 7) is 7.87. The van der Waals surface area contributed by atoms with Crippen LogP contribution in [0.1, 0.15) is 44.4 Å². The number of nitrogens with zero attached hydrogens (tertiary/aromatic N) is 2. The quantitative estimate of drug-likeness (QED) is 0.247. The van der Waals surface area contributed by atoms with E-state index in [9.17, 15) is 18.0 Å². The lowest BCUT2D eigenvalue weighted by Gasteiger charge is -2.16. The summed E-state index contributed by atoms with van der Waals surface area (Å²) in [4.78, 5) is 20.5. The predicted octanol–water partition coefficient (Wildman–Crippen LogP) is 6.18. The molecule has 11 heteroatoms. The summed E-state index contributed by atoms with van der Waals surface area (Å²) < 4.78 is 38.6. The van der Waals surface area contributed by atoms with Crippen LogP contribution in [0.3, 0.4) is 0 Å². The molecule has 0 saturated heterocycles. The van der Waals surface area contributed by atoms with E-state index in [0.29, 0.717) is 22.6 Å². The van der Waals surface area contributed by atoms with Crippen LogP contribution in [0.5, 0.6) is 0 Å². The Morgan fingerprint density at radius 2 is 1.64 bits per heavy atom. The van der Waals surface area contributed by atoms with E-state index in [1.54, 1.807) is 24.3 Å². The van der Waals surface area contributed by atoms with Crippen LogP contribution in [0, 0.1) is 5.41 Å². The maximum Gasteiger partial charge on any atom is 0.416 e. The molecule has 0 spiro atoms. The van der Waals surface area contributed by atoms with Crippen LogP contribution >= 0.6 is 0 Å². The number of benzene rings is 2. The predicted molar refractivity (Wildman–Crippen MR) is 138 cm³/mol. The van der Waals surface area contributed by atoms with Gasteiger partial charge in [0.05, 0.1) is 16.8 Å². The molecule has 0 bridgehead atoms. The Kier molecular flexibility index (Phi) is 9.77. The van der Waals surface area contributed by atoms with Gasteiger partial charge in [-0.05, 0) is 49.7 Å². The molecule has 0 aliphatic heterocycles. The highest BCUT2D eigenvalue weighted by molar-refractivity contribution is 6.07. The zero-order valence-corrected chi connectivity index (χ0v) is 20.5. The van der Waals surface area contributed by atoms with Gasteiger partial charge in [-0.1, -0.05) is 32.0 Å². The van der Waals surface area contributed by atoms with Gasteiger partial charge in [0.1, 0.15) is 18.0 Å². The number of urea groups is 1. The lowest BCUT2D eigenvalue weighted by molar-refractivity contribution is -0.137. The van der Waals surface area contributed by atoms with E-state index in [4.69, 9.17) is 11.1 Å². The standard InChI is InChI=1S/C23H24F3N7O.C2H6/c1-13(2)31-21-19(20(28)29-12-30-21)18(27)10-14-5-3-7-16(9-14)32-22(34)33-17-8-4-6-15(11-17)23(24,25)26;1-2/h3-9,11-13,27H,10H2,1-2H3,(H2,32,33,34)(H3,28,29,30,31);1-2H3. The lowest BCUT2D eigenvalue weighted by atomic mass is 10.0. The minimum absolute atomic E-state index is 0.00925. The average molecular weight is 502 g/mol. The molecule has 0 atom stereocenters. The molecule has 1 aromatic heterocycles. The first-order chi connectivity index (χ1) is 17.0. The van der Waals surface area contributed by atoms with Gasteiger partial charge in [0.2, 0.25) is 0 Å². The normalized spacial score (nSPS) is 10.8. The fourth-order valence-corrected chi connectivity index (χ4v) is 3.20. The van der Waals surface area contributed by atoms with Gasteiger partial charge in [-0.3, -0.25) is 0 Å². The third-order valence-corrected chi connectivity index (χ3v) is 4.62. The molecule has 2 amide bonds. The molecule has 36 heavy (non-hydrogen) atoms. The Morgan fingerprint density at radius 3 is 2.25 bits per heavy atom. The van der Waals surface area contributed by atoms with E-state index in [-0.39, 0.29) is 29.7 Å². The summed E-state index contributed by atoms with van der Waals surface area (Å²) >= 11 is 0. The third kappa shape index (κ3) is 7.97. The van der Waals surface area contributed by atoms with Crippen LogP contribution in [0.2, 0.25) is 0 Å². The van der Waals surface area contributed by atoms with Gasteiger partial charge in [0.15, 0.2) is 0 Å². The van der Waals surface area contributed by atoms with Crippen LogP contribution in [-0.4, -0.2) is 27.8 Å². The Balaban J connectivity index is 0.00000222. The number of nitrogens with one attached hydrogen (secondary N) is 4. The molecule has 0 aliphatic rings. The number of carbonyl (C=O) groups is 1. The summed E-state index contributed by atoms with van der Waals surface area (Å²) in [7, 11) is 0. The molecule has 8 nitrogen and oxygen atoms in total. The van der Waals surface area contributed by atoms with Crippen molar-refractivity contribution in [3.63, 3.8) is 0 Å². The zero-order chi connectivity index (χ0) is 26.9. The molecule has 192 valence electrons. The molecule has 0 fully saturated rings. The molecule has 2 aromatic carbocycles. The second-order valence-electron chi connectivity index (χ2n) is 7.79. The monoisotopic (exact) mass is 501 g/mol. The minimum Gasteiger partial charge on any atom is -0.383 e. The highest BCUT2D eigenvalue weighted by Gasteiger charge is 2.30. The maximum atomic E-state index is 12.9. The second kappa shape index (κ2) is 12.5. The summed E-state index contributed by atoms with van der Waals surface area (Å²) in [6, 6.07) is 10.5. The van der Waals surface area contributed by atoms with Crippen LogP contribution < -0.4 is 21.7 Å². The van der Waals surface area contributed by atoms with Crippen molar-refractivity contribution in [3.05, 3.63) is 71.5 Å². The van der Waals surface area contributed by atoms with Crippen LogP contribution in [0.25, 0.3) is 0 Å². The van der Waals surface area contributed by atoms with Crippen molar-refractivity contribution in [1.29, 1.82) is 5.41 Å². The number of nitrogen functional groups attached to an aromatic ring is 1. The highest BCUT2D eigenvalue weighted by atomic mass is 19.4. The Morgan fingerprint density at radius 1 is 1.03 bits per heavy atom. The van der Waals surface area contributed by atoms with Crippen molar-refractivity contribution in [2.75, 3.05) is 21.7 Å². The zero-order valence-electron chi connectivity index (χ0n) is 20.5. The van der Waals surface area contributed by atoms with Crippen molar-refractivity contribution >= 4 is 34.8 Å². The molecule has 3 rings (SSSR count). The Labute approximate surface area is 208 Å². The van der Waals surface area contributed by atoms with Crippen molar-refractivity contribution in [2.45, 2.75) is 46.3 Å². The van der Waals surface area contributed by atoms with Crippen molar-refractivity contribution in [2.24, 2.45) is 0 Å². The van der Waals surface area contributed by atoms with Crippen LogP contribution in [0.4, 0.5) is 41.0 Å². The number of amides is 2. The topological polar surface area (TPSA) is 129 Å². The fraction of sp³-hybridized carbons (Fsp3) is 0.280. The van der Waals surface area contributed by atoms with Crippen molar-refractivity contribution in [3.8, 4) is 0 Å². The van der Waals surface area contributed by atoms with Gasteiger partial charge in [0.25, 0.3) is 0 Å². The summed E-state index contributed by atoms with van der Waals surface area (Å²) in [5.74, 6) is 0.639. The summed E-state index contributed by atoms with van der Waals surface area (Å²) in [5.41, 5.74) is 6.85. The number of hydrogen-bond acceptors (Lipinski definition) is 6. The number of anilines is 4. The summed E-state index contributed by atoms with van der Waals surface area (Å²) in [5, 5.41) is 16.7. The number of rotatable bonds is 7. The second-order valence-corrected chi connectivity index (χ2v) is 7.79. The van der Waals surface area contributed by atoms with Gasteiger partial charge < -0.3 is 27.1 Å². The number of nitrogens with two attached hydrogens (primary N) is 1. The number of hydrogen-bond donors (Lipinski definition) is 5. The molecule has 6 N–H and O–H groups in total. The third-order valence-electron chi connectivity index (χ3n) is 4.62. The largest absolute Gasteiger partial charge is 0.416 e.